The van der Waals surface area contributed by atoms with Crippen LogP contribution in [0.3, 0.4) is 0 Å². The lowest BCUT2D eigenvalue weighted by atomic mass is 10.0. The van der Waals surface area contributed by atoms with Crippen molar-refractivity contribution >= 4 is 85.3 Å². The molecule has 115 heavy (non-hydrogen) atoms. The predicted octanol–water partition coefficient (Wildman–Crippen LogP) is 14.3. The van der Waals surface area contributed by atoms with Crippen molar-refractivity contribution in [3.05, 3.63) is 249 Å². The molecule has 590 valence electrons. The minimum absolute atomic E-state index is 0.0744. The Bertz CT molecular complexity index is 5780. The van der Waals surface area contributed by atoms with Crippen LogP contribution in [-0.4, -0.2) is 146 Å². The highest BCUT2D eigenvalue weighted by atomic mass is 19.4. The number of nitrogens with two attached hydrogens (primary N) is 3. The number of piperazine rings is 2. The van der Waals surface area contributed by atoms with Crippen LogP contribution >= 0.6 is 0 Å². The Morgan fingerprint density at radius 3 is 1.29 bits per heavy atom. The van der Waals surface area contributed by atoms with Crippen LogP contribution in [0.1, 0.15) is 146 Å². The van der Waals surface area contributed by atoms with Crippen LogP contribution < -0.4 is 33.2 Å². The van der Waals surface area contributed by atoms with Crippen molar-refractivity contribution in [2.45, 2.75) is 86.0 Å². The molecule has 6 aromatic heterocycles. The highest BCUT2D eigenvalue weighted by Crippen LogP contribution is 2.38. The Morgan fingerprint density at radius 2 is 0.817 bits per heavy atom. The Morgan fingerprint density at radius 1 is 0.426 bits per heavy atom. The zero-order valence-electron chi connectivity index (χ0n) is 64.8. The van der Waals surface area contributed by atoms with Gasteiger partial charge < -0.3 is 56.7 Å². The number of anilines is 6. The van der Waals surface area contributed by atoms with E-state index in [4.69, 9.17) is 17.2 Å². The zero-order valence-corrected chi connectivity index (χ0v) is 64.8. The molecule has 0 aliphatic carbocycles. The van der Waals surface area contributed by atoms with E-state index in [0.717, 1.165) is 79.1 Å². The maximum Gasteiger partial charge on any atom is 0.416 e. The summed E-state index contributed by atoms with van der Waals surface area (Å²) in [5, 5.41) is 10.2. The van der Waals surface area contributed by atoms with Crippen molar-refractivity contribution in [2.75, 3.05) is 98.6 Å². The number of amides is 3. The number of halogens is 6. The van der Waals surface area contributed by atoms with E-state index in [1.165, 1.54) is 43.2 Å². The molecule has 0 radical (unpaired) electrons. The number of nitrogens with one attached hydrogen (secondary N) is 3. The molecule has 9 N–H and O–H groups in total. The van der Waals surface area contributed by atoms with Crippen LogP contribution in [0, 0.1) is 42.4 Å². The summed E-state index contributed by atoms with van der Waals surface area (Å²) < 4.78 is 90.1. The molecule has 2 fully saturated rings. The molecule has 12 aromatic rings. The molecule has 14 rings (SSSR count). The van der Waals surface area contributed by atoms with Gasteiger partial charge in [-0.1, -0.05) is 97.9 Å². The monoisotopic (exact) mass is 1560 g/mol. The summed E-state index contributed by atoms with van der Waals surface area (Å²) in [6.45, 7) is 22.6. The maximum atomic E-state index is 14.1. The van der Waals surface area contributed by atoms with E-state index < -0.39 is 35.3 Å². The van der Waals surface area contributed by atoms with Crippen LogP contribution in [0.2, 0.25) is 0 Å². The van der Waals surface area contributed by atoms with Gasteiger partial charge in [0.2, 0.25) is 0 Å². The van der Waals surface area contributed by atoms with Gasteiger partial charge >= 0.3 is 12.4 Å². The average Bonchev–Trinajstić information content (AvgIpc) is 1.66. The number of carbonyl (C=O) groups excluding carboxylic acids is 3. The lowest BCUT2D eigenvalue weighted by Crippen LogP contribution is -2.45. The van der Waals surface area contributed by atoms with E-state index in [0.29, 0.717) is 99.2 Å². The van der Waals surface area contributed by atoms with E-state index in [9.17, 15) is 40.7 Å². The number of hydrogen-bond acceptors (Lipinski definition) is 16. The number of rotatable bonds is 14. The van der Waals surface area contributed by atoms with Gasteiger partial charge in [0.25, 0.3) is 17.7 Å². The fraction of sp³-hybridized carbons (Fsp3) is 0.276. The first-order valence-corrected chi connectivity index (χ1v) is 37.5. The standard InChI is InChI=1S/C33H36F3N7O.C32H34F3N7O.C22H17N5O/c1-5-41-12-14-42(15-13-41)18-25-10-11-27(17-28(25)33(34,35)36)40-32(44)24-7-6-22(4)23(16-24)8-9-26-19-43(21(2)3)31-29(26)30(37)38-20-39-31;1-4-40-12-14-41(15-13-40)18-24-10-11-26(17-27(24)32(33,34)35)39-31(43)23-7-5-6-22(16-23)8-9-25-19-42(21(2)3)30-28(25)29(36)37-20-38-30;1-27-13-17(19-20(23)24-14-25-21(19)27)11-10-15-6-5-9-18(12-15)26-22(28)16-7-3-2-4-8-16/h6-7,10-11,16-17,19-21H,5,12-15,18H2,1-4H3,(H,40,44)(H2,37,38,39);5-7,10-11,16-17,19-21H,4,12-15,18H2,1-3H3,(H,39,43)(H2,36,37,38);2-9,12-14H,1H3,(H,26,28)(H2,23,24,25). The number of nitrogen functional groups attached to an aromatic ring is 3. The van der Waals surface area contributed by atoms with Gasteiger partial charge in [-0.15, -0.1) is 0 Å². The molecule has 0 atom stereocenters. The number of likely N-dealkylation sites (N-methyl/N-ethyl adjacent to an activating group) is 2. The minimum Gasteiger partial charge on any atom is -0.383 e. The summed E-state index contributed by atoms with van der Waals surface area (Å²) >= 11 is 0. The van der Waals surface area contributed by atoms with Crippen molar-refractivity contribution in [1.82, 2.24) is 63.2 Å². The van der Waals surface area contributed by atoms with Crippen molar-refractivity contribution in [3.63, 3.8) is 0 Å². The molecular weight excluding hydrogens is 1470 g/mol. The third-order valence-electron chi connectivity index (χ3n) is 19.9. The van der Waals surface area contributed by atoms with Crippen molar-refractivity contribution < 1.29 is 40.7 Å². The summed E-state index contributed by atoms with van der Waals surface area (Å²) in [6.07, 6.45) is 0.793. The summed E-state index contributed by atoms with van der Waals surface area (Å²) in [6, 6.07) is 36.3. The van der Waals surface area contributed by atoms with E-state index in [2.05, 4.69) is 105 Å². The third kappa shape index (κ3) is 19.9. The topological polar surface area (TPSA) is 270 Å². The quantitative estimate of drug-likeness (QED) is 0.0436. The van der Waals surface area contributed by atoms with Crippen LogP contribution in [0.15, 0.2) is 171 Å². The Balaban J connectivity index is 0.000000163. The van der Waals surface area contributed by atoms with E-state index in [1.54, 1.807) is 54.6 Å². The predicted molar refractivity (Wildman–Crippen MR) is 438 cm³/mol. The molecule has 0 saturated carbocycles. The Hall–Kier alpha value is -12.9. The highest BCUT2D eigenvalue weighted by molar-refractivity contribution is 6.06. The molecule has 28 heteroatoms. The molecule has 0 unspecified atom stereocenters. The van der Waals surface area contributed by atoms with E-state index >= 15 is 0 Å². The van der Waals surface area contributed by atoms with Crippen molar-refractivity contribution in [3.8, 4) is 35.5 Å². The molecule has 6 aromatic carbocycles. The van der Waals surface area contributed by atoms with Crippen LogP contribution in [0.25, 0.3) is 33.1 Å². The first-order chi connectivity index (χ1) is 55.1. The molecule has 2 aliphatic heterocycles. The first-order valence-electron chi connectivity index (χ1n) is 37.5. The third-order valence-corrected chi connectivity index (χ3v) is 19.9. The molecule has 22 nitrogen and oxygen atoms in total. The molecule has 0 spiro atoms. The molecule has 2 saturated heterocycles. The average molecular weight is 1560 g/mol. The van der Waals surface area contributed by atoms with E-state index in [1.807, 2.05) is 126 Å². The van der Waals surface area contributed by atoms with Gasteiger partial charge in [-0.2, -0.15) is 26.3 Å². The Labute approximate surface area is 662 Å². The molecular formula is C87H87F6N19O3. The minimum atomic E-state index is -4.55. The largest absolute Gasteiger partial charge is 0.416 e. The van der Waals surface area contributed by atoms with Crippen molar-refractivity contribution in [2.24, 2.45) is 7.05 Å². The summed E-state index contributed by atoms with van der Waals surface area (Å²) in [4.78, 5) is 72.4. The van der Waals surface area contributed by atoms with Gasteiger partial charge in [0.05, 0.1) is 44.0 Å². The second-order valence-electron chi connectivity index (χ2n) is 28.4. The first kappa shape index (κ1) is 81.6. The number of aromatic nitrogens is 9. The Kier molecular flexibility index (Phi) is 25.4. The van der Waals surface area contributed by atoms with E-state index in [-0.39, 0.29) is 64.7 Å². The summed E-state index contributed by atoms with van der Waals surface area (Å²) in [5.74, 6) is 18.5. The van der Waals surface area contributed by atoms with Gasteiger partial charge in [0.15, 0.2) is 0 Å². The van der Waals surface area contributed by atoms with Gasteiger partial charge in [-0.25, -0.2) is 29.9 Å². The lowest BCUT2D eigenvalue weighted by molar-refractivity contribution is -0.139. The van der Waals surface area contributed by atoms with Crippen LogP contribution in [0.5, 0.6) is 0 Å². The van der Waals surface area contributed by atoms with Gasteiger partial charge in [-0.3, -0.25) is 24.2 Å². The van der Waals surface area contributed by atoms with Crippen molar-refractivity contribution in [1.29, 1.82) is 0 Å². The van der Waals surface area contributed by atoms with Crippen LogP contribution in [0.4, 0.5) is 60.9 Å². The number of alkyl halides is 6. The van der Waals surface area contributed by atoms with Crippen LogP contribution in [-0.2, 0) is 32.5 Å². The fourth-order valence-electron chi connectivity index (χ4n) is 13.6. The molecule has 3 amide bonds. The number of aryl methyl sites for hydroxylation is 2. The second kappa shape index (κ2) is 35.8. The van der Waals surface area contributed by atoms with Gasteiger partial charge in [0.1, 0.15) is 53.4 Å². The number of hydrogen-bond donors (Lipinski definition) is 6. The smallest absolute Gasteiger partial charge is 0.383 e. The molecule has 2 aliphatic rings. The molecule has 8 heterocycles. The number of fused-ring (bicyclic) bond motifs is 3. The number of benzene rings is 6. The normalized spacial score (nSPS) is 13.5. The highest BCUT2D eigenvalue weighted by Gasteiger charge is 2.36. The molecule has 0 bridgehead atoms. The summed E-state index contributed by atoms with van der Waals surface area (Å²) in [7, 11) is 1.89. The number of carbonyl (C=O) groups is 3. The number of nitrogens with zero attached hydrogens (tertiary/aromatic N) is 13. The summed E-state index contributed by atoms with van der Waals surface area (Å²) in [5.41, 5.74) is 26.1. The lowest BCUT2D eigenvalue weighted by Gasteiger charge is -2.34. The fourth-order valence-corrected chi connectivity index (χ4v) is 13.6. The maximum absolute atomic E-state index is 14.1. The second-order valence-corrected chi connectivity index (χ2v) is 28.4. The zero-order chi connectivity index (χ0) is 81.8. The van der Waals surface area contributed by atoms with Gasteiger partial charge in [-0.05, 0) is 149 Å². The SMILES string of the molecule is CCN1CCN(Cc2ccc(NC(=O)c3ccc(C)c(C#Cc4cn(C(C)C)c5ncnc(N)c45)c3)cc2C(F)(F)F)CC1.CCN1CCN(Cc2ccc(NC(=O)c3cccc(C#Cc4cn(C(C)C)c5ncnc(N)c45)c3)cc2C(F)(F)F)CC1.Cn1cc(C#Cc2cccc(NC(=O)c3ccccc3)c2)c2c(N)ncnc21. The van der Waals surface area contributed by atoms with Gasteiger partial charge in [0, 0.05) is 154 Å².